The summed E-state index contributed by atoms with van der Waals surface area (Å²) in [6.07, 6.45) is 2.46. The van der Waals surface area contributed by atoms with Gasteiger partial charge in [-0.3, -0.25) is 4.79 Å². The highest BCUT2D eigenvalue weighted by Gasteiger charge is 2.23. The SMILES string of the molecule is COc1ccccc1CCNC(=O)c1ccccc1N1CCC(NC(=S)Nc2ccc(F)cc2)CC1. The van der Waals surface area contributed by atoms with E-state index >= 15 is 0 Å². The molecule has 1 heterocycles. The Hall–Kier alpha value is -3.65. The first-order chi connectivity index (χ1) is 17.5. The number of thiocarbonyl (C=S) groups is 1. The molecule has 3 aromatic carbocycles. The van der Waals surface area contributed by atoms with E-state index in [1.807, 2.05) is 48.5 Å². The average Bonchev–Trinajstić information content (AvgIpc) is 2.90. The maximum Gasteiger partial charge on any atom is 0.253 e. The number of methoxy groups -OCH3 is 1. The van der Waals surface area contributed by atoms with Crippen molar-refractivity contribution in [2.75, 3.05) is 37.0 Å². The minimum absolute atomic E-state index is 0.0783. The number of amides is 1. The third-order valence-electron chi connectivity index (χ3n) is 6.29. The van der Waals surface area contributed by atoms with Crippen molar-refractivity contribution in [3.05, 3.63) is 89.7 Å². The number of nitrogens with one attached hydrogen (secondary N) is 3. The first-order valence-corrected chi connectivity index (χ1v) is 12.5. The van der Waals surface area contributed by atoms with Gasteiger partial charge in [0.2, 0.25) is 0 Å². The third kappa shape index (κ3) is 6.73. The van der Waals surface area contributed by atoms with Crippen LogP contribution in [0.1, 0.15) is 28.8 Å². The Labute approximate surface area is 216 Å². The fourth-order valence-electron chi connectivity index (χ4n) is 4.41. The van der Waals surface area contributed by atoms with Crippen LogP contribution >= 0.6 is 12.2 Å². The molecular formula is C28H31FN4O2S. The van der Waals surface area contributed by atoms with Crippen LogP contribution in [0.5, 0.6) is 5.75 Å². The van der Waals surface area contributed by atoms with E-state index in [1.54, 1.807) is 19.2 Å². The second kappa shape index (κ2) is 12.4. The van der Waals surface area contributed by atoms with Gasteiger partial charge in [-0.05, 0) is 79.5 Å². The zero-order valence-electron chi connectivity index (χ0n) is 20.3. The number of hydrogen-bond donors (Lipinski definition) is 3. The van der Waals surface area contributed by atoms with Crippen molar-refractivity contribution in [1.29, 1.82) is 0 Å². The smallest absolute Gasteiger partial charge is 0.253 e. The second-order valence-corrected chi connectivity index (χ2v) is 9.11. The van der Waals surface area contributed by atoms with Crippen LogP contribution < -0.4 is 25.6 Å². The highest BCUT2D eigenvalue weighted by Crippen LogP contribution is 2.25. The predicted octanol–water partition coefficient (Wildman–Crippen LogP) is 4.76. The van der Waals surface area contributed by atoms with Crippen molar-refractivity contribution < 1.29 is 13.9 Å². The predicted molar refractivity (Wildman–Crippen MR) is 146 cm³/mol. The van der Waals surface area contributed by atoms with E-state index in [4.69, 9.17) is 17.0 Å². The van der Waals surface area contributed by atoms with Crippen LogP contribution in [-0.4, -0.2) is 43.8 Å². The fraction of sp³-hybridized carbons (Fsp3) is 0.286. The molecule has 4 rings (SSSR count). The Morgan fingerprint density at radius 3 is 2.47 bits per heavy atom. The van der Waals surface area contributed by atoms with Gasteiger partial charge < -0.3 is 25.6 Å². The average molecular weight is 507 g/mol. The molecule has 8 heteroatoms. The van der Waals surface area contributed by atoms with Crippen LogP contribution in [-0.2, 0) is 6.42 Å². The summed E-state index contributed by atoms with van der Waals surface area (Å²) in [4.78, 5) is 15.3. The van der Waals surface area contributed by atoms with Crippen molar-refractivity contribution in [1.82, 2.24) is 10.6 Å². The number of benzene rings is 3. The van der Waals surface area contributed by atoms with Gasteiger partial charge in [0.1, 0.15) is 11.6 Å². The Kier molecular flexibility index (Phi) is 8.73. The quantitative estimate of drug-likeness (QED) is 0.383. The van der Waals surface area contributed by atoms with Crippen LogP contribution in [0.2, 0.25) is 0 Å². The number of carbonyl (C=O) groups is 1. The first-order valence-electron chi connectivity index (χ1n) is 12.1. The van der Waals surface area contributed by atoms with E-state index in [1.165, 1.54) is 12.1 Å². The summed E-state index contributed by atoms with van der Waals surface area (Å²) in [6, 6.07) is 21.9. The van der Waals surface area contributed by atoms with Crippen molar-refractivity contribution in [2.24, 2.45) is 0 Å². The molecule has 0 aromatic heterocycles. The van der Waals surface area contributed by atoms with Gasteiger partial charge in [-0.1, -0.05) is 30.3 Å². The van der Waals surface area contributed by atoms with E-state index in [9.17, 15) is 9.18 Å². The molecule has 1 aliphatic rings. The molecule has 0 atom stereocenters. The minimum atomic E-state index is -0.280. The first kappa shape index (κ1) is 25.4. The van der Waals surface area contributed by atoms with Gasteiger partial charge in [-0.2, -0.15) is 0 Å². The topological polar surface area (TPSA) is 65.6 Å². The van der Waals surface area contributed by atoms with E-state index < -0.39 is 0 Å². The summed E-state index contributed by atoms with van der Waals surface area (Å²) >= 11 is 5.43. The number of carbonyl (C=O) groups excluding carboxylic acids is 1. The number of hydrogen-bond acceptors (Lipinski definition) is 4. The largest absolute Gasteiger partial charge is 0.496 e. The highest BCUT2D eigenvalue weighted by molar-refractivity contribution is 7.80. The molecule has 0 radical (unpaired) electrons. The van der Waals surface area contributed by atoms with E-state index in [0.29, 0.717) is 23.6 Å². The van der Waals surface area contributed by atoms with Crippen molar-refractivity contribution in [3.8, 4) is 5.75 Å². The summed E-state index contributed by atoms with van der Waals surface area (Å²) in [6.45, 7) is 2.14. The van der Waals surface area contributed by atoms with Crippen molar-refractivity contribution in [2.45, 2.75) is 25.3 Å². The molecule has 1 aliphatic heterocycles. The minimum Gasteiger partial charge on any atom is -0.496 e. The Morgan fingerprint density at radius 2 is 1.72 bits per heavy atom. The summed E-state index contributed by atoms with van der Waals surface area (Å²) in [5, 5.41) is 10.0. The van der Waals surface area contributed by atoms with Gasteiger partial charge in [-0.25, -0.2) is 4.39 Å². The van der Waals surface area contributed by atoms with Gasteiger partial charge in [0.25, 0.3) is 5.91 Å². The van der Waals surface area contributed by atoms with Crippen LogP contribution in [0, 0.1) is 5.82 Å². The van der Waals surface area contributed by atoms with E-state index in [-0.39, 0.29) is 17.8 Å². The molecule has 0 saturated carbocycles. The third-order valence-corrected chi connectivity index (χ3v) is 6.51. The number of nitrogens with zero attached hydrogens (tertiary/aromatic N) is 1. The van der Waals surface area contributed by atoms with Gasteiger partial charge in [0.05, 0.1) is 12.7 Å². The molecule has 3 N–H and O–H groups in total. The van der Waals surface area contributed by atoms with Crippen LogP contribution in [0.3, 0.4) is 0 Å². The molecule has 0 spiro atoms. The lowest BCUT2D eigenvalue weighted by Crippen LogP contribution is -2.46. The molecule has 1 fully saturated rings. The number of anilines is 2. The van der Waals surface area contributed by atoms with Gasteiger partial charge >= 0.3 is 0 Å². The summed E-state index contributed by atoms with van der Waals surface area (Å²) < 4.78 is 18.5. The monoisotopic (exact) mass is 506 g/mol. The Morgan fingerprint density at radius 1 is 1.03 bits per heavy atom. The summed E-state index contributed by atoms with van der Waals surface area (Å²) in [7, 11) is 1.65. The molecule has 0 unspecified atom stereocenters. The summed E-state index contributed by atoms with van der Waals surface area (Å²) in [5.41, 5.74) is 3.43. The zero-order chi connectivity index (χ0) is 25.3. The molecule has 1 saturated heterocycles. The highest BCUT2D eigenvalue weighted by atomic mass is 32.1. The number of halogens is 1. The molecule has 188 valence electrons. The van der Waals surface area contributed by atoms with Crippen LogP contribution in [0.25, 0.3) is 0 Å². The molecule has 0 bridgehead atoms. The second-order valence-electron chi connectivity index (χ2n) is 8.70. The molecule has 1 amide bonds. The van der Waals surface area contributed by atoms with Gasteiger partial charge in [0.15, 0.2) is 5.11 Å². The maximum atomic E-state index is 13.1. The normalized spacial score (nSPS) is 13.7. The van der Waals surface area contributed by atoms with E-state index in [2.05, 4.69) is 20.9 Å². The number of ether oxygens (including phenoxy) is 1. The lowest BCUT2D eigenvalue weighted by molar-refractivity contribution is 0.0954. The van der Waals surface area contributed by atoms with Gasteiger partial charge in [-0.15, -0.1) is 0 Å². The van der Waals surface area contributed by atoms with Crippen LogP contribution in [0.15, 0.2) is 72.8 Å². The van der Waals surface area contributed by atoms with E-state index in [0.717, 1.165) is 48.6 Å². The lowest BCUT2D eigenvalue weighted by atomic mass is 10.0. The fourth-order valence-corrected chi connectivity index (χ4v) is 4.69. The van der Waals surface area contributed by atoms with Crippen molar-refractivity contribution >= 4 is 34.6 Å². The molecule has 0 aliphatic carbocycles. The Bertz CT molecular complexity index is 1180. The van der Waals surface area contributed by atoms with Gasteiger partial charge in [0, 0.05) is 37.1 Å². The molecule has 36 heavy (non-hydrogen) atoms. The molecule has 3 aromatic rings. The Balaban J connectivity index is 1.29. The number of piperidine rings is 1. The van der Waals surface area contributed by atoms with Crippen molar-refractivity contribution in [3.63, 3.8) is 0 Å². The van der Waals surface area contributed by atoms with Crippen LogP contribution in [0.4, 0.5) is 15.8 Å². The number of rotatable bonds is 8. The summed E-state index contributed by atoms with van der Waals surface area (Å²) in [5.74, 6) is 0.471. The molecule has 6 nitrogen and oxygen atoms in total. The number of para-hydroxylation sites is 2. The molecular weight excluding hydrogens is 475 g/mol. The standard InChI is InChI=1S/C28H31FN4O2S/c1-35-26-9-5-2-6-20(26)14-17-30-27(34)24-7-3-4-8-25(24)33-18-15-23(16-19-33)32-28(36)31-22-12-10-21(29)11-13-22/h2-13,23H,14-19H2,1H3,(H,30,34)(H2,31,32,36). The lowest BCUT2D eigenvalue weighted by Gasteiger charge is -2.35. The maximum absolute atomic E-state index is 13.1. The zero-order valence-corrected chi connectivity index (χ0v) is 21.1.